The van der Waals surface area contributed by atoms with E-state index in [2.05, 4.69) is 108 Å². The maximum atomic E-state index is 12.9. The van der Waals surface area contributed by atoms with Crippen LogP contribution < -0.4 is 71.8 Å². The summed E-state index contributed by atoms with van der Waals surface area (Å²) in [4.78, 5) is 89.2. The smallest absolute Gasteiger partial charge is 0.497 e. The molecular weight excluding hydrogens is 1750 g/mol. The Labute approximate surface area is 765 Å². The number of rotatable bonds is 31. The summed E-state index contributed by atoms with van der Waals surface area (Å²) in [5.41, 5.74) is 12.1. The highest BCUT2D eigenvalue weighted by Crippen LogP contribution is 2.35. The number of fused-ring (bicyclic) bond motifs is 5. The Morgan fingerprint density at radius 3 is 1.17 bits per heavy atom. The van der Waals surface area contributed by atoms with Crippen LogP contribution in [0.1, 0.15) is 87.4 Å². The first-order valence-corrected chi connectivity index (χ1v) is 44.3. The largest absolute Gasteiger partial charge is 0.573 e. The number of methoxy groups -OCH3 is 4. The van der Waals surface area contributed by atoms with Crippen molar-refractivity contribution >= 4 is 169 Å². The summed E-state index contributed by atoms with van der Waals surface area (Å²) in [5, 5.41) is 45.5. The van der Waals surface area contributed by atoms with E-state index in [1.54, 1.807) is 76.9 Å². The van der Waals surface area contributed by atoms with Crippen LogP contribution in [-0.4, -0.2) is 125 Å². The third kappa shape index (κ3) is 24.9. The van der Waals surface area contributed by atoms with Crippen LogP contribution in [0.4, 0.5) is 58.9 Å². The predicted octanol–water partition coefficient (Wildman–Crippen LogP) is 20.9. The van der Waals surface area contributed by atoms with E-state index in [0.717, 1.165) is 129 Å². The van der Waals surface area contributed by atoms with Crippen LogP contribution >= 0.6 is 45.3 Å². The van der Waals surface area contributed by atoms with Gasteiger partial charge in [-0.2, -0.15) is 5.10 Å². The lowest BCUT2D eigenvalue weighted by molar-refractivity contribution is -0.274. The molecule has 0 spiro atoms. The lowest BCUT2D eigenvalue weighted by Crippen LogP contribution is -2.17. The Morgan fingerprint density at radius 1 is 0.397 bits per heavy atom. The monoisotopic (exact) mass is 1840 g/mol. The number of alkyl halides is 3. The van der Waals surface area contributed by atoms with Gasteiger partial charge in [0.25, 0.3) is 23.6 Å². The number of pyridine rings is 6. The normalized spacial score (nSPS) is 11.1. The number of thiophene rings is 4. The third-order valence-electron chi connectivity index (χ3n) is 20.1. The number of carbonyl (C=O) groups excluding carboxylic acids is 4. The molecule has 0 saturated heterocycles. The van der Waals surface area contributed by atoms with Gasteiger partial charge in [-0.3, -0.25) is 49.0 Å². The van der Waals surface area contributed by atoms with Crippen molar-refractivity contribution in [2.75, 3.05) is 97.4 Å². The average molecular weight is 1840 g/mol. The van der Waals surface area contributed by atoms with Crippen LogP contribution in [0.15, 0.2) is 258 Å². The highest BCUT2D eigenvalue weighted by molar-refractivity contribution is 7.14. The molecule has 6 aromatic carbocycles. The molecule has 4 amide bonds. The molecule has 0 atom stereocenters. The van der Waals surface area contributed by atoms with Crippen LogP contribution in [0.2, 0.25) is 0 Å². The third-order valence-corrected chi connectivity index (χ3v) is 23.7. The van der Waals surface area contributed by atoms with Crippen molar-refractivity contribution in [3.63, 3.8) is 0 Å². The molecule has 0 saturated carbocycles. The van der Waals surface area contributed by atoms with E-state index in [0.29, 0.717) is 107 Å². The van der Waals surface area contributed by atoms with Crippen LogP contribution in [0.3, 0.4) is 0 Å². The first-order valence-electron chi connectivity index (χ1n) is 40.8. The Balaban J connectivity index is 0.000000141. The van der Waals surface area contributed by atoms with Crippen molar-refractivity contribution in [3.8, 4) is 28.7 Å². The molecule has 131 heavy (non-hydrogen) atoms. The number of H-pyrrole nitrogens is 2. The van der Waals surface area contributed by atoms with Crippen molar-refractivity contribution in [1.82, 2.24) is 40.1 Å². The fraction of sp³-hybridized carbons (Fsp3) is 0.177. The molecule has 0 aliphatic heterocycles. The topological polar surface area (TPSA) is 355 Å². The Hall–Kier alpha value is -14.9. The van der Waals surface area contributed by atoms with Crippen molar-refractivity contribution in [2.45, 2.75) is 58.7 Å². The quantitative estimate of drug-likeness (QED) is 0.0180. The fourth-order valence-electron chi connectivity index (χ4n) is 13.4. The molecule has 0 aliphatic rings. The SMILES string of the molecule is COCCOc1ccc2c(CNc3ccsc3C(=O)Nc3cc(C(C)(C)C)[nH]n3)ccnc2c1.COCCOc1ccc2c(CNc3ccsc3C(=O)Nc3ccc(OC(F)(F)F)cc3)ccnc2c1.COc1ccc2c(CNc3ccsc3C(=O)Nc3cc4ccccc4cn3)ccnc2c1.COc1ccc2c(CNc3ccsc3C(=O)Nc3ccc(=O)[nH]c3)ccnc2c1. The summed E-state index contributed by atoms with van der Waals surface area (Å²) in [6.45, 7) is 10.3. The van der Waals surface area contributed by atoms with Gasteiger partial charge in [-0.05, 0) is 183 Å². The van der Waals surface area contributed by atoms with E-state index >= 15 is 0 Å². The second-order valence-corrected chi connectivity index (χ2v) is 33.6. The highest BCUT2D eigenvalue weighted by Gasteiger charge is 2.31. The number of nitrogens with one attached hydrogen (secondary N) is 10. The van der Waals surface area contributed by atoms with Gasteiger partial charge < -0.3 is 80.7 Å². The van der Waals surface area contributed by atoms with Gasteiger partial charge in [-0.1, -0.05) is 45.0 Å². The van der Waals surface area contributed by atoms with Crippen LogP contribution in [0.25, 0.3) is 54.4 Å². The zero-order chi connectivity index (χ0) is 91.8. The number of aromatic nitrogens is 8. The van der Waals surface area contributed by atoms with E-state index in [9.17, 15) is 37.1 Å². The van der Waals surface area contributed by atoms with Crippen molar-refractivity contribution in [1.29, 1.82) is 0 Å². The highest BCUT2D eigenvalue weighted by atomic mass is 32.1. The number of halogens is 3. The molecule has 11 heterocycles. The van der Waals surface area contributed by atoms with Crippen molar-refractivity contribution in [3.05, 3.63) is 311 Å². The van der Waals surface area contributed by atoms with Gasteiger partial charge in [0, 0.05) is 158 Å². The molecule has 10 N–H and O–H groups in total. The summed E-state index contributed by atoms with van der Waals surface area (Å²) < 4.78 is 72.8. The van der Waals surface area contributed by atoms with Gasteiger partial charge in [-0.15, -0.1) is 58.5 Å². The molecular formula is C96H89F3N16O12S4. The standard InChI is InChI=1S/C25H22F3N3O4S.C25H29N5O3S.C25H20N4O2S.C21H18N4O3S/c1-33-11-12-34-19-6-7-20-16(8-10-29-22(20)14-19)15-30-21-9-13-36-23(21)24(32)31-17-2-4-18(5-3-17)35-25(26,27)28;1-25(2,3)21-14-22(30-29-21)28-24(31)23-19(8-12-34-23)27-15-16-7-9-26-20-13-17(5-6-18(16)20)33-11-10-32-4;1-31-19-6-7-20-18(8-10-26-22(20)13-19)15-27-21-9-11-32-24(21)25(30)29-23-12-16-4-2-3-5-17(16)14-28-23;1-28-15-3-4-16-13(6-8-22-18(16)10-15)11-23-17-7-9-29-20(17)21(27)25-14-2-5-19(26)24-12-14/h2-10,13-14,30H,11-12,15H2,1H3,(H,31,32);5-9,12-14,27H,10-11,15H2,1-4H3,(H2,28,29,30,31);2-14,27H,15H2,1H3,(H,28,29,30);2-10,12,23H,11H2,1H3,(H,24,26)(H,25,27). The number of ether oxygens (including phenoxy) is 7. The number of carbonyl (C=O) groups is 4. The van der Waals surface area contributed by atoms with E-state index < -0.39 is 6.36 Å². The molecule has 0 bridgehead atoms. The lowest BCUT2D eigenvalue weighted by atomic mass is 9.92. The Morgan fingerprint density at radius 2 is 0.779 bits per heavy atom. The minimum Gasteiger partial charge on any atom is -0.497 e. The number of anilines is 8. The van der Waals surface area contributed by atoms with Gasteiger partial charge >= 0.3 is 6.36 Å². The van der Waals surface area contributed by atoms with Crippen molar-refractivity contribution < 1.29 is 65.5 Å². The Kier molecular flexibility index (Phi) is 30.8. The van der Waals surface area contributed by atoms with E-state index in [-0.39, 0.29) is 40.4 Å². The fourth-order valence-corrected chi connectivity index (χ4v) is 16.5. The van der Waals surface area contributed by atoms with Crippen LogP contribution in [0.5, 0.6) is 28.7 Å². The minimum absolute atomic E-state index is 0.0737. The summed E-state index contributed by atoms with van der Waals surface area (Å²) in [6, 6.07) is 58.0. The summed E-state index contributed by atoms with van der Waals surface area (Å²) >= 11 is 5.38. The molecule has 11 aromatic heterocycles. The second kappa shape index (κ2) is 43.7. The number of hydrogen-bond acceptors (Lipinski definition) is 26. The maximum absolute atomic E-state index is 12.9. The molecule has 0 unspecified atom stereocenters. The van der Waals surface area contributed by atoms with Crippen molar-refractivity contribution in [2.24, 2.45) is 0 Å². The molecule has 670 valence electrons. The maximum Gasteiger partial charge on any atom is 0.573 e. The first kappa shape index (κ1) is 92.3. The second-order valence-electron chi connectivity index (χ2n) is 29.9. The van der Waals surface area contributed by atoms with Gasteiger partial charge in [0.05, 0.1) is 77.9 Å². The summed E-state index contributed by atoms with van der Waals surface area (Å²) in [7, 11) is 6.53. The summed E-state index contributed by atoms with van der Waals surface area (Å²) in [6.07, 6.45) is 5.50. The molecule has 0 radical (unpaired) electrons. The van der Waals surface area contributed by atoms with E-state index in [1.807, 2.05) is 168 Å². The number of amides is 4. The van der Waals surface area contributed by atoms with Gasteiger partial charge in [0.2, 0.25) is 5.56 Å². The molecule has 0 aliphatic carbocycles. The number of benzene rings is 6. The number of aromatic amines is 2. The first-order chi connectivity index (χ1) is 63.5. The van der Waals surface area contributed by atoms with E-state index in [4.69, 9.17) is 28.4 Å². The minimum atomic E-state index is -4.78. The van der Waals surface area contributed by atoms with Crippen LogP contribution in [-0.2, 0) is 41.1 Å². The number of hydrogen-bond donors (Lipinski definition) is 10. The van der Waals surface area contributed by atoms with E-state index in [1.165, 1.54) is 69.7 Å². The molecule has 28 nitrogen and oxygen atoms in total. The zero-order valence-corrected chi connectivity index (χ0v) is 75.0. The molecule has 0 fully saturated rings. The lowest BCUT2D eigenvalue weighted by Gasteiger charge is -2.14. The average Bonchev–Trinajstić information content (AvgIpc) is 1.63. The molecule has 17 aromatic rings. The van der Waals surface area contributed by atoms with Gasteiger partial charge in [-0.25, -0.2) is 4.98 Å². The van der Waals surface area contributed by atoms with Gasteiger partial charge in [0.1, 0.15) is 67.3 Å². The molecule has 35 heteroatoms. The van der Waals surface area contributed by atoms with Crippen LogP contribution in [0, 0.1) is 0 Å². The molecule has 17 rings (SSSR count). The summed E-state index contributed by atoms with van der Waals surface area (Å²) in [5.74, 6) is 2.67. The zero-order valence-electron chi connectivity index (χ0n) is 71.8. The van der Waals surface area contributed by atoms with Gasteiger partial charge in [0.15, 0.2) is 5.82 Å². The number of nitrogens with zero attached hydrogens (tertiary/aromatic N) is 6. The predicted molar refractivity (Wildman–Crippen MR) is 512 cm³/mol. The Bertz CT molecular complexity index is 6880.